The zero-order chi connectivity index (χ0) is 14.0. The van der Waals surface area contributed by atoms with Gasteiger partial charge in [0, 0.05) is 18.1 Å². The molecule has 0 spiro atoms. The quantitative estimate of drug-likeness (QED) is 0.796. The van der Waals surface area contributed by atoms with Crippen molar-refractivity contribution in [2.75, 3.05) is 6.54 Å². The molecule has 4 nitrogen and oxygen atoms in total. The van der Waals surface area contributed by atoms with Gasteiger partial charge in [0.05, 0.1) is 5.54 Å². The molecule has 110 valence electrons. The summed E-state index contributed by atoms with van der Waals surface area (Å²) in [4.78, 5) is 14.2. The van der Waals surface area contributed by atoms with Gasteiger partial charge in [0.1, 0.15) is 0 Å². The van der Waals surface area contributed by atoms with E-state index in [4.69, 9.17) is 5.73 Å². The zero-order valence-electron chi connectivity index (χ0n) is 12.6. The van der Waals surface area contributed by atoms with Crippen LogP contribution in [0, 0.1) is 0 Å². The van der Waals surface area contributed by atoms with Crippen LogP contribution in [0.15, 0.2) is 0 Å². The molecule has 19 heavy (non-hydrogen) atoms. The molecular formula is C15H29N3O. The molecular weight excluding hydrogens is 238 g/mol. The average Bonchev–Trinajstić information content (AvgIpc) is 2.34. The number of hydrogen-bond acceptors (Lipinski definition) is 3. The molecule has 2 aliphatic heterocycles. The summed E-state index contributed by atoms with van der Waals surface area (Å²) in [5.74, 6) is -0.190. The van der Waals surface area contributed by atoms with E-state index in [1.807, 2.05) is 13.8 Å². The van der Waals surface area contributed by atoms with E-state index in [2.05, 4.69) is 17.1 Å². The Hall–Kier alpha value is -0.610. The Balaban J connectivity index is 2.09. The van der Waals surface area contributed by atoms with Crippen LogP contribution in [0.5, 0.6) is 0 Å². The molecule has 0 aromatic carbocycles. The van der Waals surface area contributed by atoms with Crippen molar-refractivity contribution in [3.05, 3.63) is 0 Å². The second-order valence-electron chi connectivity index (χ2n) is 6.69. The summed E-state index contributed by atoms with van der Waals surface area (Å²) in [6.07, 6.45) is 7.21. The second kappa shape index (κ2) is 5.80. The van der Waals surface area contributed by atoms with E-state index in [1.54, 1.807) is 0 Å². The van der Waals surface area contributed by atoms with Crippen molar-refractivity contribution in [2.24, 2.45) is 5.73 Å². The molecule has 0 saturated carbocycles. The van der Waals surface area contributed by atoms with Gasteiger partial charge in [0.15, 0.2) is 0 Å². The third-order valence-electron chi connectivity index (χ3n) is 4.91. The summed E-state index contributed by atoms with van der Waals surface area (Å²) in [5, 5.41) is 3.66. The summed E-state index contributed by atoms with van der Waals surface area (Å²) < 4.78 is 0. The molecule has 2 fully saturated rings. The maximum absolute atomic E-state index is 11.8. The molecule has 2 unspecified atom stereocenters. The maximum atomic E-state index is 11.8. The first-order chi connectivity index (χ1) is 8.96. The Labute approximate surface area is 117 Å². The summed E-state index contributed by atoms with van der Waals surface area (Å²) >= 11 is 0. The number of piperidine rings is 2. The van der Waals surface area contributed by atoms with Crippen molar-refractivity contribution in [2.45, 2.75) is 83.0 Å². The standard InChI is InChI=1S/C15H29N3O/c1-4-8-17-11-9-12-6-5-7-13(10-11)18(12)15(2,3)14(16)19/h11-13,17H,4-10H2,1-3H3,(H2,16,19). The monoisotopic (exact) mass is 267 g/mol. The Kier molecular flexibility index (Phi) is 4.51. The minimum Gasteiger partial charge on any atom is -0.368 e. The van der Waals surface area contributed by atoms with Gasteiger partial charge >= 0.3 is 0 Å². The van der Waals surface area contributed by atoms with Gasteiger partial charge in [-0.05, 0) is 52.5 Å². The lowest BCUT2D eigenvalue weighted by Gasteiger charge is -2.54. The van der Waals surface area contributed by atoms with Gasteiger partial charge in [-0.2, -0.15) is 0 Å². The van der Waals surface area contributed by atoms with Crippen LogP contribution in [0.3, 0.4) is 0 Å². The lowest BCUT2D eigenvalue weighted by molar-refractivity contribution is -0.137. The molecule has 4 heteroatoms. The van der Waals surface area contributed by atoms with E-state index in [1.165, 1.54) is 25.7 Å². The van der Waals surface area contributed by atoms with Crippen molar-refractivity contribution in [3.8, 4) is 0 Å². The van der Waals surface area contributed by atoms with Crippen LogP contribution in [0.1, 0.15) is 59.3 Å². The predicted molar refractivity (Wildman–Crippen MR) is 77.9 cm³/mol. The highest BCUT2D eigenvalue weighted by Crippen LogP contribution is 2.38. The first-order valence-corrected chi connectivity index (χ1v) is 7.78. The van der Waals surface area contributed by atoms with E-state index in [-0.39, 0.29) is 5.91 Å². The van der Waals surface area contributed by atoms with Crippen molar-refractivity contribution >= 4 is 5.91 Å². The van der Waals surface area contributed by atoms with Gasteiger partial charge in [-0.25, -0.2) is 0 Å². The number of nitrogens with zero attached hydrogens (tertiary/aromatic N) is 1. The highest BCUT2D eigenvalue weighted by Gasteiger charge is 2.47. The van der Waals surface area contributed by atoms with Crippen molar-refractivity contribution in [3.63, 3.8) is 0 Å². The van der Waals surface area contributed by atoms with Gasteiger partial charge < -0.3 is 11.1 Å². The zero-order valence-corrected chi connectivity index (χ0v) is 12.6. The molecule has 2 saturated heterocycles. The van der Waals surface area contributed by atoms with Crippen LogP contribution in [-0.4, -0.2) is 41.0 Å². The van der Waals surface area contributed by atoms with Gasteiger partial charge in [-0.1, -0.05) is 13.3 Å². The number of carbonyl (C=O) groups is 1. The topological polar surface area (TPSA) is 58.4 Å². The third kappa shape index (κ3) is 2.95. The predicted octanol–water partition coefficient (Wildman–Crippen LogP) is 1.64. The Morgan fingerprint density at radius 2 is 1.89 bits per heavy atom. The number of hydrogen-bond donors (Lipinski definition) is 2. The molecule has 2 aliphatic rings. The number of nitrogens with one attached hydrogen (secondary N) is 1. The number of rotatable bonds is 5. The average molecular weight is 267 g/mol. The van der Waals surface area contributed by atoms with Crippen LogP contribution in [-0.2, 0) is 4.79 Å². The highest BCUT2D eigenvalue weighted by atomic mass is 16.1. The van der Waals surface area contributed by atoms with E-state index >= 15 is 0 Å². The van der Waals surface area contributed by atoms with Crippen LogP contribution in [0.25, 0.3) is 0 Å². The highest BCUT2D eigenvalue weighted by molar-refractivity contribution is 5.83. The smallest absolute Gasteiger partial charge is 0.237 e. The molecule has 2 bridgehead atoms. The van der Waals surface area contributed by atoms with Crippen LogP contribution in [0.4, 0.5) is 0 Å². The van der Waals surface area contributed by atoms with Gasteiger partial charge in [-0.15, -0.1) is 0 Å². The largest absolute Gasteiger partial charge is 0.368 e. The van der Waals surface area contributed by atoms with Gasteiger partial charge in [0.2, 0.25) is 5.91 Å². The lowest BCUT2D eigenvalue weighted by atomic mass is 9.78. The Bertz CT molecular complexity index is 315. The van der Waals surface area contributed by atoms with Crippen LogP contribution in [0.2, 0.25) is 0 Å². The first-order valence-electron chi connectivity index (χ1n) is 7.78. The fraction of sp³-hybridized carbons (Fsp3) is 0.933. The van der Waals surface area contributed by atoms with Crippen molar-refractivity contribution < 1.29 is 4.79 Å². The normalized spacial score (nSPS) is 32.3. The van der Waals surface area contributed by atoms with Crippen LogP contribution < -0.4 is 11.1 Å². The number of primary amides is 1. The lowest BCUT2D eigenvalue weighted by Crippen LogP contribution is -2.66. The molecule has 2 atom stereocenters. The van der Waals surface area contributed by atoms with E-state index < -0.39 is 5.54 Å². The van der Waals surface area contributed by atoms with Crippen molar-refractivity contribution in [1.29, 1.82) is 0 Å². The first kappa shape index (κ1) is 14.8. The van der Waals surface area contributed by atoms with Crippen LogP contribution >= 0.6 is 0 Å². The molecule has 1 amide bonds. The molecule has 0 aliphatic carbocycles. The van der Waals surface area contributed by atoms with E-state index in [0.717, 1.165) is 19.4 Å². The Morgan fingerprint density at radius 3 is 2.37 bits per heavy atom. The summed E-state index contributed by atoms with van der Waals surface area (Å²) in [6, 6.07) is 1.66. The molecule has 0 aromatic heterocycles. The summed E-state index contributed by atoms with van der Waals surface area (Å²) in [6.45, 7) is 7.28. The fourth-order valence-electron chi connectivity index (χ4n) is 3.94. The number of fused-ring (bicyclic) bond motifs is 2. The number of amides is 1. The Morgan fingerprint density at radius 1 is 1.32 bits per heavy atom. The molecule has 2 rings (SSSR count). The molecule has 0 radical (unpaired) electrons. The molecule has 0 aromatic rings. The molecule has 2 heterocycles. The minimum atomic E-state index is -0.508. The number of carbonyl (C=O) groups excluding carboxylic acids is 1. The van der Waals surface area contributed by atoms with Crippen molar-refractivity contribution in [1.82, 2.24) is 10.2 Å². The molecule has 3 N–H and O–H groups in total. The maximum Gasteiger partial charge on any atom is 0.237 e. The van der Waals surface area contributed by atoms with E-state index in [9.17, 15) is 4.79 Å². The number of nitrogens with two attached hydrogens (primary N) is 1. The fourth-order valence-corrected chi connectivity index (χ4v) is 3.94. The summed E-state index contributed by atoms with van der Waals surface area (Å²) in [7, 11) is 0. The minimum absolute atomic E-state index is 0.190. The van der Waals surface area contributed by atoms with E-state index in [0.29, 0.717) is 18.1 Å². The summed E-state index contributed by atoms with van der Waals surface area (Å²) in [5.41, 5.74) is 5.11. The SMILES string of the molecule is CCCNC1CC2CCCC(C1)N2C(C)(C)C(N)=O. The van der Waals surface area contributed by atoms with Gasteiger partial charge in [0.25, 0.3) is 0 Å². The van der Waals surface area contributed by atoms with Gasteiger partial charge in [-0.3, -0.25) is 9.69 Å². The second-order valence-corrected chi connectivity index (χ2v) is 6.69. The third-order valence-corrected chi connectivity index (χ3v) is 4.91.